The van der Waals surface area contributed by atoms with Crippen LogP contribution in [0.1, 0.15) is 16.7 Å². The highest BCUT2D eigenvalue weighted by molar-refractivity contribution is 6.29. The second-order valence-electron chi connectivity index (χ2n) is 5.23. The zero-order valence-corrected chi connectivity index (χ0v) is 13.1. The highest BCUT2D eigenvalue weighted by Crippen LogP contribution is 2.21. The summed E-state index contributed by atoms with van der Waals surface area (Å²) in [4.78, 5) is 4.08. The quantitative estimate of drug-likeness (QED) is 0.706. The summed E-state index contributed by atoms with van der Waals surface area (Å²) in [6.07, 6.45) is 3.65. The lowest BCUT2D eigenvalue weighted by atomic mass is 10.1. The third-order valence-electron chi connectivity index (χ3n) is 3.49. The molecule has 0 bridgehead atoms. The van der Waals surface area contributed by atoms with Crippen molar-refractivity contribution in [3.05, 3.63) is 70.6 Å². The maximum atomic E-state index is 5.78. The minimum absolute atomic E-state index is 0.514. The first-order valence-corrected chi connectivity index (χ1v) is 7.50. The van der Waals surface area contributed by atoms with Crippen molar-refractivity contribution in [2.45, 2.75) is 20.0 Å². The fourth-order valence-corrected chi connectivity index (χ4v) is 2.38. The van der Waals surface area contributed by atoms with Gasteiger partial charge in [0.25, 0.3) is 0 Å². The molecule has 0 aliphatic carbocycles. The molecule has 0 saturated carbocycles. The summed E-state index contributed by atoms with van der Waals surface area (Å²) in [6, 6.07) is 12.2. The van der Waals surface area contributed by atoms with Crippen molar-refractivity contribution in [2.24, 2.45) is 0 Å². The van der Waals surface area contributed by atoms with Crippen LogP contribution in [0, 0.1) is 6.92 Å². The fourth-order valence-electron chi connectivity index (χ4n) is 2.27. The van der Waals surface area contributed by atoms with Gasteiger partial charge in [0.05, 0.1) is 11.9 Å². The molecule has 22 heavy (non-hydrogen) atoms. The smallest absolute Gasteiger partial charge is 0.129 e. The largest absolute Gasteiger partial charge is 0.308 e. The molecule has 0 atom stereocenters. The van der Waals surface area contributed by atoms with Crippen LogP contribution >= 0.6 is 11.6 Å². The van der Waals surface area contributed by atoms with Gasteiger partial charge in [0, 0.05) is 24.8 Å². The number of pyridine rings is 1. The number of benzene rings is 1. The Morgan fingerprint density at radius 1 is 1.05 bits per heavy atom. The van der Waals surface area contributed by atoms with E-state index in [9.17, 15) is 0 Å². The predicted molar refractivity (Wildman–Crippen MR) is 88.6 cm³/mol. The van der Waals surface area contributed by atoms with E-state index in [0.29, 0.717) is 5.15 Å². The summed E-state index contributed by atoms with van der Waals surface area (Å²) in [5.41, 5.74) is 5.70. The lowest BCUT2D eigenvalue weighted by Gasteiger charge is -2.06. The van der Waals surface area contributed by atoms with Crippen molar-refractivity contribution >= 4 is 11.6 Å². The molecule has 0 saturated heterocycles. The molecule has 2 N–H and O–H groups in total. The molecule has 5 heteroatoms. The Morgan fingerprint density at radius 2 is 1.86 bits per heavy atom. The SMILES string of the molecule is Cc1ccc(-c2[nH]ncc2CNCc2ccc(Cl)nc2)cc1. The van der Waals surface area contributed by atoms with Crippen LogP contribution in [-0.2, 0) is 13.1 Å². The molecule has 0 aliphatic rings. The third kappa shape index (κ3) is 3.53. The van der Waals surface area contributed by atoms with Crippen molar-refractivity contribution < 1.29 is 0 Å². The first-order valence-electron chi connectivity index (χ1n) is 7.13. The van der Waals surface area contributed by atoms with Gasteiger partial charge in [-0.15, -0.1) is 0 Å². The van der Waals surface area contributed by atoms with E-state index in [4.69, 9.17) is 11.6 Å². The normalized spacial score (nSPS) is 10.8. The van der Waals surface area contributed by atoms with Gasteiger partial charge >= 0.3 is 0 Å². The van der Waals surface area contributed by atoms with E-state index in [1.165, 1.54) is 5.56 Å². The Hall–Kier alpha value is -2.17. The van der Waals surface area contributed by atoms with Crippen LogP contribution in [-0.4, -0.2) is 15.2 Å². The highest BCUT2D eigenvalue weighted by Gasteiger charge is 2.07. The minimum atomic E-state index is 0.514. The van der Waals surface area contributed by atoms with E-state index >= 15 is 0 Å². The number of nitrogens with zero attached hydrogens (tertiary/aromatic N) is 2. The van der Waals surface area contributed by atoms with Gasteiger partial charge < -0.3 is 5.32 Å². The highest BCUT2D eigenvalue weighted by atomic mass is 35.5. The molecule has 112 valence electrons. The Morgan fingerprint density at radius 3 is 2.59 bits per heavy atom. The molecule has 1 aromatic carbocycles. The van der Waals surface area contributed by atoms with Crippen molar-refractivity contribution in [2.75, 3.05) is 0 Å². The number of rotatable bonds is 5. The fraction of sp³-hybridized carbons (Fsp3) is 0.176. The van der Waals surface area contributed by atoms with E-state index in [-0.39, 0.29) is 0 Å². The van der Waals surface area contributed by atoms with E-state index in [2.05, 4.69) is 51.7 Å². The van der Waals surface area contributed by atoms with Gasteiger partial charge in [-0.2, -0.15) is 5.10 Å². The lowest BCUT2D eigenvalue weighted by molar-refractivity contribution is 0.692. The van der Waals surface area contributed by atoms with E-state index in [1.807, 2.05) is 12.3 Å². The van der Waals surface area contributed by atoms with Gasteiger partial charge in [0.2, 0.25) is 0 Å². The molecular formula is C17H17ClN4. The van der Waals surface area contributed by atoms with Crippen LogP contribution in [0.25, 0.3) is 11.3 Å². The first-order chi connectivity index (χ1) is 10.7. The second-order valence-corrected chi connectivity index (χ2v) is 5.62. The maximum Gasteiger partial charge on any atom is 0.129 e. The molecular weight excluding hydrogens is 296 g/mol. The Kier molecular flexibility index (Phi) is 4.51. The molecule has 3 aromatic rings. The van der Waals surface area contributed by atoms with Crippen LogP contribution in [0.4, 0.5) is 0 Å². The summed E-state index contributed by atoms with van der Waals surface area (Å²) < 4.78 is 0. The molecule has 2 aromatic heterocycles. The molecule has 0 radical (unpaired) electrons. The van der Waals surface area contributed by atoms with Crippen LogP contribution in [0.3, 0.4) is 0 Å². The number of H-pyrrole nitrogens is 1. The zero-order valence-electron chi connectivity index (χ0n) is 12.3. The summed E-state index contributed by atoms with van der Waals surface area (Å²) in [7, 11) is 0. The number of aromatic nitrogens is 3. The van der Waals surface area contributed by atoms with E-state index in [1.54, 1.807) is 12.3 Å². The molecule has 0 fully saturated rings. The molecule has 0 amide bonds. The molecule has 4 nitrogen and oxygen atoms in total. The van der Waals surface area contributed by atoms with Gasteiger partial charge in [-0.3, -0.25) is 5.10 Å². The van der Waals surface area contributed by atoms with Gasteiger partial charge in [-0.1, -0.05) is 47.5 Å². The number of hydrogen-bond acceptors (Lipinski definition) is 3. The van der Waals surface area contributed by atoms with E-state index in [0.717, 1.165) is 35.5 Å². The molecule has 2 heterocycles. The summed E-state index contributed by atoms with van der Waals surface area (Å²) in [6.45, 7) is 3.56. The monoisotopic (exact) mass is 312 g/mol. The number of nitrogens with one attached hydrogen (secondary N) is 2. The van der Waals surface area contributed by atoms with Crippen LogP contribution in [0.5, 0.6) is 0 Å². The summed E-state index contributed by atoms with van der Waals surface area (Å²) in [5, 5.41) is 11.2. The topological polar surface area (TPSA) is 53.6 Å². The van der Waals surface area contributed by atoms with Crippen LogP contribution in [0.2, 0.25) is 5.15 Å². The summed E-state index contributed by atoms with van der Waals surface area (Å²) >= 11 is 5.78. The van der Waals surface area contributed by atoms with Gasteiger partial charge in [-0.25, -0.2) is 4.98 Å². The number of aromatic amines is 1. The van der Waals surface area contributed by atoms with E-state index < -0.39 is 0 Å². The number of halogens is 1. The Labute approximate surface area is 134 Å². The van der Waals surface area contributed by atoms with Gasteiger partial charge in [-0.05, 0) is 24.1 Å². The van der Waals surface area contributed by atoms with Gasteiger partial charge in [0.1, 0.15) is 5.15 Å². The Bertz CT molecular complexity index is 732. The third-order valence-corrected chi connectivity index (χ3v) is 3.71. The average molecular weight is 313 g/mol. The molecule has 0 unspecified atom stereocenters. The van der Waals surface area contributed by atoms with Gasteiger partial charge in [0.15, 0.2) is 0 Å². The molecule has 0 spiro atoms. The van der Waals surface area contributed by atoms with Crippen molar-refractivity contribution in [3.8, 4) is 11.3 Å². The standard InChI is InChI=1S/C17H17ClN4/c1-12-2-5-14(6-3-12)17-15(11-21-22-17)10-19-8-13-4-7-16(18)20-9-13/h2-7,9,11,19H,8,10H2,1H3,(H,21,22). The van der Waals surface area contributed by atoms with Crippen LogP contribution < -0.4 is 5.32 Å². The molecule has 0 aliphatic heterocycles. The predicted octanol–water partition coefficient (Wildman–Crippen LogP) is 3.72. The van der Waals surface area contributed by atoms with Crippen molar-refractivity contribution in [3.63, 3.8) is 0 Å². The first kappa shape index (κ1) is 14.8. The zero-order chi connectivity index (χ0) is 15.4. The second kappa shape index (κ2) is 6.73. The van der Waals surface area contributed by atoms with Crippen molar-refractivity contribution in [1.29, 1.82) is 0 Å². The van der Waals surface area contributed by atoms with Crippen molar-refractivity contribution in [1.82, 2.24) is 20.5 Å². The molecule has 3 rings (SSSR count). The Balaban J connectivity index is 1.65. The average Bonchev–Trinajstić information content (AvgIpc) is 2.98. The number of aryl methyl sites for hydroxylation is 1. The maximum absolute atomic E-state index is 5.78. The van der Waals surface area contributed by atoms with Crippen LogP contribution in [0.15, 0.2) is 48.8 Å². The summed E-state index contributed by atoms with van der Waals surface area (Å²) in [5.74, 6) is 0. The minimum Gasteiger partial charge on any atom is -0.308 e. The lowest BCUT2D eigenvalue weighted by Crippen LogP contribution is -2.13. The number of hydrogen-bond donors (Lipinski definition) is 2.